The van der Waals surface area contributed by atoms with E-state index in [4.69, 9.17) is 0 Å². The van der Waals surface area contributed by atoms with E-state index < -0.39 is 22.8 Å². The Labute approximate surface area is 72.8 Å². The van der Waals surface area contributed by atoms with Crippen molar-refractivity contribution >= 4 is 11.3 Å². The van der Waals surface area contributed by atoms with Crippen LogP contribution in [-0.2, 0) is 12.4 Å². The largest absolute Gasteiger partial charge is 0.425 e. The molecule has 0 spiro atoms. The van der Waals surface area contributed by atoms with Crippen molar-refractivity contribution in [3.8, 4) is 0 Å². The number of rotatable bonds is 0. The SMILES string of the molecule is FC(F)(F)c1csc(C(F)(F)F)c1. The van der Waals surface area contributed by atoms with Crippen molar-refractivity contribution in [2.24, 2.45) is 0 Å². The second-order valence-corrected chi connectivity index (χ2v) is 3.11. The van der Waals surface area contributed by atoms with E-state index >= 15 is 0 Å². The van der Waals surface area contributed by atoms with Gasteiger partial charge in [0, 0.05) is 5.38 Å². The number of hydrogen-bond acceptors (Lipinski definition) is 1. The summed E-state index contributed by atoms with van der Waals surface area (Å²) in [5.74, 6) is 0. The summed E-state index contributed by atoms with van der Waals surface area (Å²) >= 11 is 0.0384. The molecule has 74 valence electrons. The van der Waals surface area contributed by atoms with Gasteiger partial charge in [0.15, 0.2) is 0 Å². The third-order valence-electron chi connectivity index (χ3n) is 1.21. The Morgan fingerprint density at radius 2 is 1.46 bits per heavy atom. The quantitative estimate of drug-likeness (QED) is 0.583. The van der Waals surface area contributed by atoms with E-state index in [1.165, 1.54) is 0 Å². The molecule has 1 aromatic rings. The maximum absolute atomic E-state index is 11.8. The van der Waals surface area contributed by atoms with Crippen LogP contribution in [0.25, 0.3) is 0 Å². The predicted molar refractivity (Wildman–Crippen MR) is 34.3 cm³/mol. The van der Waals surface area contributed by atoms with Crippen LogP contribution in [0.4, 0.5) is 26.3 Å². The first-order valence-electron chi connectivity index (χ1n) is 2.94. The van der Waals surface area contributed by atoms with E-state index in [0.717, 1.165) is 0 Å². The van der Waals surface area contributed by atoms with Crippen LogP contribution in [0.5, 0.6) is 0 Å². The Kier molecular flexibility index (Phi) is 2.31. The fourth-order valence-electron chi connectivity index (χ4n) is 0.634. The van der Waals surface area contributed by atoms with E-state index in [-0.39, 0.29) is 17.4 Å². The van der Waals surface area contributed by atoms with Crippen molar-refractivity contribution in [2.75, 3.05) is 0 Å². The topological polar surface area (TPSA) is 0 Å². The first-order chi connectivity index (χ1) is 5.71. The fourth-order valence-corrected chi connectivity index (χ4v) is 1.42. The Morgan fingerprint density at radius 3 is 1.69 bits per heavy atom. The minimum absolute atomic E-state index is 0.0384. The Bertz CT molecular complexity index is 264. The van der Waals surface area contributed by atoms with Gasteiger partial charge in [-0.15, -0.1) is 11.3 Å². The van der Waals surface area contributed by atoms with Gasteiger partial charge in [-0.3, -0.25) is 0 Å². The molecular weight excluding hydrogens is 218 g/mol. The number of alkyl halides is 6. The summed E-state index contributed by atoms with van der Waals surface area (Å²) in [5, 5.41) is 0.447. The lowest BCUT2D eigenvalue weighted by Crippen LogP contribution is -2.04. The Morgan fingerprint density at radius 1 is 0.923 bits per heavy atom. The lowest BCUT2D eigenvalue weighted by Gasteiger charge is -2.02. The van der Waals surface area contributed by atoms with Crippen LogP contribution in [0, 0.1) is 0 Å². The van der Waals surface area contributed by atoms with Crippen LogP contribution in [0.15, 0.2) is 11.4 Å². The summed E-state index contributed by atoms with van der Waals surface area (Å²) < 4.78 is 71.0. The zero-order valence-electron chi connectivity index (χ0n) is 5.83. The van der Waals surface area contributed by atoms with Crippen molar-refractivity contribution in [2.45, 2.75) is 12.4 Å². The summed E-state index contributed by atoms with van der Waals surface area (Å²) in [6.07, 6.45) is -9.41. The molecule has 1 aromatic heterocycles. The molecule has 0 radical (unpaired) electrons. The average Bonchev–Trinajstić information content (AvgIpc) is 2.28. The monoisotopic (exact) mass is 220 g/mol. The maximum Gasteiger partial charge on any atom is 0.425 e. The molecule has 1 rings (SSSR count). The highest BCUT2D eigenvalue weighted by Gasteiger charge is 2.38. The second kappa shape index (κ2) is 2.90. The summed E-state index contributed by atoms with van der Waals surface area (Å²) in [6.45, 7) is 0. The van der Waals surface area contributed by atoms with Crippen LogP contribution in [0.3, 0.4) is 0 Å². The lowest BCUT2D eigenvalue weighted by molar-refractivity contribution is -0.140. The number of hydrogen-bond donors (Lipinski definition) is 0. The molecule has 0 aliphatic rings. The normalized spacial score (nSPS) is 13.4. The highest BCUT2D eigenvalue weighted by molar-refractivity contribution is 7.10. The highest BCUT2D eigenvalue weighted by Crippen LogP contribution is 2.39. The Balaban J connectivity index is 3.01. The predicted octanol–water partition coefficient (Wildman–Crippen LogP) is 3.79. The van der Waals surface area contributed by atoms with Gasteiger partial charge in [-0.05, 0) is 6.07 Å². The summed E-state index contributed by atoms with van der Waals surface area (Å²) in [6, 6.07) is 0.102. The number of halogens is 6. The molecule has 0 N–H and O–H groups in total. The van der Waals surface area contributed by atoms with Crippen molar-refractivity contribution in [1.29, 1.82) is 0 Å². The van der Waals surface area contributed by atoms with Crippen LogP contribution in [-0.4, -0.2) is 0 Å². The van der Waals surface area contributed by atoms with Crippen LogP contribution >= 0.6 is 11.3 Å². The van der Waals surface area contributed by atoms with Crippen molar-refractivity contribution in [3.05, 3.63) is 21.9 Å². The molecule has 0 bridgehead atoms. The highest BCUT2D eigenvalue weighted by atomic mass is 32.1. The van der Waals surface area contributed by atoms with Crippen LogP contribution < -0.4 is 0 Å². The second-order valence-electron chi connectivity index (χ2n) is 2.20. The molecule has 0 unspecified atom stereocenters. The van der Waals surface area contributed by atoms with E-state index in [0.29, 0.717) is 5.38 Å². The van der Waals surface area contributed by atoms with E-state index in [9.17, 15) is 26.3 Å². The minimum Gasteiger partial charge on any atom is -0.166 e. The molecule has 0 atom stereocenters. The van der Waals surface area contributed by atoms with Gasteiger partial charge in [0.1, 0.15) is 4.88 Å². The summed E-state index contributed by atoms with van der Waals surface area (Å²) in [5.41, 5.74) is -1.26. The van der Waals surface area contributed by atoms with Crippen LogP contribution in [0.2, 0.25) is 0 Å². The third-order valence-corrected chi connectivity index (χ3v) is 2.18. The van der Waals surface area contributed by atoms with Crippen molar-refractivity contribution < 1.29 is 26.3 Å². The van der Waals surface area contributed by atoms with Gasteiger partial charge in [0.25, 0.3) is 0 Å². The van der Waals surface area contributed by atoms with E-state index in [2.05, 4.69) is 0 Å². The lowest BCUT2D eigenvalue weighted by atomic mass is 10.3. The van der Waals surface area contributed by atoms with Gasteiger partial charge < -0.3 is 0 Å². The molecule has 0 aliphatic heterocycles. The molecule has 0 aromatic carbocycles. The van der Waals surface area contributed by atoms with E-state index in [1.807, 2.05) is 0 Å². The molecule has 0 amide bonds. The first-order valence-corrected chi connectivity index (χ1v) is 3.82. The molecule has 0 fully saturated rings. The molecule has 7 heteroatoms. The molecule has 0 saturated carbocycles. The van der Waals surface area contributed by atoms with Gasteiger partial charge in [0.2, 0.25) is 0 Å². The standard InChI is InChI=1S/C6H2F6S/c7-5(8,9)3-1-4(13-2-3)6(10,11)12/h1-2H. The van der Waals surface area contributed by atoms with Crippen molar-refractivity contribution in [3.63, 3.8) is 0 Å². The number of thiophene rings is 1. The molecular formula is C6H2F6S. The minimum atomic E-state index is -4.71. The smallest absolute Gasteiger partial charge is 0.166 e. The third kappa shape index (κ3) is 2.36. The van der Waals surface area contributed by atoms with Gasteiger partial charge in [-0.2, -0.15) is 26.3 Å². The van der Waals surface area contributed by atoms with Gasteiger partial charge >= 0.3 is 12.4 Å². The zero-order chi connectivity index (χ0) is 10.3. The van der Waals surface area contributed by atoms with Gasteiger partial charge in [0.05, 0.1) is 5.56 Å². The summed E-state index contributed by atoms with van der Waals surface area (Å²) in [4.78, 5) is -1.24. The molecule has 0 saturated heterocycles. The summed E-state index contributed by atoms with van der Waals surface area (Å²) in [7, 11) is 0. The average molecular weight is 220 g/mol. The van der Waals surface area contributed by atoms with Gasteiger partial charge in [-0.25, -0.2) is 0 Å². The zero-order valence-corrected chi connectivity index (χ0v) is 6.65. The molecule has 13 heavy (non-hydrogen) atoms. The van der Waals surface area contributed by atoms with Crippen molar-refractivity contribution in [1.82, 2.24) is 0 Å². The fraction of sp³-hybridized carbons (Fsp3) is 0.333. The maximum atomic E-state index is 11.8. The van der Waals surface area contributed by atoms with Gasteiger partial charge in [-0.1, -0.05) is 0 Å². The first kappa shape index (κ1) is 10.4. The molecule has 0 nitrogen and oxygen atoms in total. The molecule has 0 aliphatic carbocycles. The Hall–Kier alpha value is -0.720. The van der Waals surface area contributed by atoms with Crippen LogP contribution in [0.1, 0.15) is 10.4 Å². The van der Waals surface area contributed by atoms with E-state index in [1.54, 1.807) is 0 Å². The molecule has 1 heterocycles.